The van der Waals surface area contributed by atoms with E-state index < -0.39 is 11.5 Å². The van der Waals surface area contributed by atoms with Crippen LogP contribution in [0.15, 0.2) is 23.8 Å². The van der Waals surface area contributed by atoms with Crippen molar-refractivity contribution in [3.05, 3.63) is 23.8 Å². The van der Waals surface area contributed by atoms with Crippen LogP contribution in [0.1, 0.15) is 66.7 Å². The van der Waals surface area contributed by atoms with Gasteiger partial charge in [-0.2, -0.15) is 0 Å². The first-order valence-corrected chi connectivity index (χ1v) is 11.1. The minimum Gasteiger partial charge on any atom is -0.462 e. The average molecular weight is 405 g/mol. The van der Waals surface area contributed by atoms with E-state index in [2.05, 4.69) is 32.1 Å². The number of hydrogen-bond acceptors (Lipinski definition) is 5. The molecule has 0 aromatic rings. The summed E-state index contributed by atoms with van der Waals surface area (Å²) in [6.45, 7) is 10.2. The molecule has 1 N–H and O–H groups in total. The number of allylic oxidation sites excluding steroid dienone is 3. The summed E-state index contributed by atoms with van der Waals surface area (Å²) in [6.07, 6.45) is 8.36. The molecule has 29 heavy (non-hydrogen) atoms. The quantitative estimate of drug-likeness (QED) is 0.696. The minimum atomic E-state index is -0.629. The van der Waals surface area contributed by atoms with Crippen LogP contribution in [0.4, 0.5) is 0 Å². The molecule has 0 amide bonds. The van der Waals surface area contributed by atoms with Crippen LogP contribution in [0.2, 0.25) is 0 Å². The van der Waals surface area contributed by atoms with Gasteiger partial charge in [-0.05, 0) is 56.4 Å². The normalized spacial score (nSPS) is 37.4. The Morgan fingerprint density at radius 2 is 2.03 bits per heavy atom. The Morgan fingerprint density at radius 1 is 1.31 bits per heavy atom. The number of carbonyl (C=O) groups is 2. The minimum absolute atomic E-state index is 0.0784. The fourth-order valence-corrected chi connectivity index (χ4v) is 4.89. The Labute approximate surface area is 174 Å². The second kappa shape index (κ2) is 8.63. The zero-order valence-corrected chi connectivity index (χ0v) is 18.4. The third kappa shape index (κ3) is 4.93. The largest absolute Gasteiger partial charge is 0.462 e. The van der Waals surface area contributed by atoms with Gasteiger partial charge in [-0.1, -0.05) is 39.0 Å². The van der Waals surface area contributed by atoms with Crippen molar-refractivity contribution in [1.82, 2.24) is 0 Å². The van der Waals surface area contributed by atoms with E-state index in [9.17, 15) is 14.7 Å². The Hall–Kier alpha value is -1.62. The Morgan fingerprint density at radius 3 is 2.69 bits per heavy atom. The summed E-state index contributed by atoms with van der Waals surface area (Å²) in [6, 6.07) is 0. The van der Waals surface area contributed by atoms with Gasteiger partial charge in [0.25, 0.3) is 0 Å². The van der Waals surface area contributed by atoms with Crippen molar-refractivity contribution in [3.8, 4) is 0 Å². The molecule has 0 saturated carbocycles. The predicted molar refractivity (Wildman–Crippen MR) is 111 cm³/mol. The Balaban J connectivity index is 1.83. The number of esters is 2. The van der Waals surface area contributed by atoms with Crippen molar-refractivity contribution in [3.63, 3.8) is 0 Å². The molecule has 2 unspecified atom stereocenters. The van der Waals surface area contributed by atoms with Gasteiger partial charge >= 0.3 is 11.9 Å². The highest BCUT2D eigenvalue weighted by Crippen LogP contribution is 2.46. The van der Waals surface area contributed by atoms with Gasteiger partial charge in [0.1, 0.15) is 12.2 Å². The maximum absolute atomic E-state index is 12.8. The van der Waals surface area contributed by atoms with Gasteiger partial charge in [0.2, 0.25) is 0 Å². The van der Waals surface area contributed by atoms with Crippen LogP contribution >= 0.6 is 0 Å². The molecule has 7 atom stereocenters. The smallest absolute Gasteiger partial charge is 0.311 e. The van der Waals surface area contributed by atoms with Crippen molar-refractivity contribution >= 4 is 11.9 Å². The van der Waals surface area contributed by atoms with Crippen molar-refractivity contribution in [2.75, 3.05) is 0 Å². The Kier molecular flexibility index (Phi) is 6.57. The van der Waals surface area contributed by atoms with Crippen LogP contribution in [0.3, 0.4) is 0 Å². The number of fused-ring (bicyclic) bond motifs is 1. The van der Waals surface area contributed by atoms with Gasteiger partial charge in [0.05, 0.1) is 17.9 Å². The van der Waals surface area contributed by atoms with Crippen LogP contribution in [0.25, 0.3) is 0 Å². The SMILES string of the molecule is CCC(C)(C)C(=O)O[C@H]1C[C@@H](C)C=C2C=C[C@H](C)C(C[C@@H]3CC(O)CC(=O)O3)[C@H]21. The number of rotatable bonds is 5. The molecule has 0 aromatic carbocycles. The molecule has 1 saturated heterocycles. The summed E-state index contributed by atoms with van der Waals surface area (Å²) in [5.41, 5.74) is 0.723. The average Bonchev–Trinajstić information content (AvgIpc) is 2.63. The Bertz CT molecular complexity index is 691. The highest BCUT2D eigenvalue weighted by Gasteiger charge is 2.44. The van der Waals surface area contributed by atoms with Crippen LogP contribution < -0.4 is 0 Å². The highest BCUT2D eigenvalue weighted by atomic mass is 16.6. The molecule has 1 fully saturated rings. The molecule has 1 aliphatic heterocycles. The molecular weight excluding hydrogens is 368 g/mol. The number of cyclic esters (lactones) is 1. The molecule has 3 rings (SSSR count). The van der Waals surface area contributed by atoms with Gasteiger partial charge in [0.15, 0.2) is 0 Å². The first kappa shape index (κ1) is 22.1. The lowest BCUT2D eigenvalue weighted by Gasteiger charge is -2.44. The van der Waals surface area contributed by atoms with Crippen molar-refractivity contribution in [2.24, 2.45) is 29.1 Å². The second-order valence-electron chi connectivity index (χ2n) is 9.91. The maximum Gasteiger partial charge on any atom is 0.311 e. The fraction of sp³-hybridized carbons (Fsp3) is 0.750. The number of carbonyl (C=O) groups excluding carboxylic acids is 2. The summed E-state index contributed by atoms with van der Waals surface area (Å²) < 4.78 is 11.7. The van der Waals surface area contributed by atoms with Gasteiger partial charge in [-0.25, -0.2) is 0 Å². The molecule has 0 spiro atoms. The van der Waals surface area contributed by atoms with Crippen molar-refractivity contribution < 1.29 is 24.2 Å². The van der Waals surface area contributed by atoms with Crippen molar-refractivity contribution in [2.45, 2.75) is 85.0 Å². The third-order valence-electron chi connectivity index (χ3n) is 7.06. The number of aliphatic hydroxyl groups is 1. The van der Waals surface area contributed by atoms with Crippen molar-refractivity contribution in [1.29, 1.82) is 0 Å². The standard InChI is InChI=1S/C24H36O5/c1-6-24(4,5)23(27)29-20-10-14(2)9-16-8-7-15(3)19(22(16)20)13-18-11-17(25)12-21(26)28-18/h7-9,14-15,17-20,22,25H,6,10-13H2,1-5H3/t14-,15-,17?,18-,19?,20-,22-/m0/s1. The highest BCUT2D eigenvalue weighted by molar-refractivity contribution is 5.76. The molecule has 3 aliphatic rings. The van der Waals surface area contributed by atoms with E-state index in [1.54, 1.807) is 0 Å². The predicted octanol–water partition coefficient (Wildman–Crippen LogP) is 4.20. The fourth-order valence-electron chi connectivity index (χ4n) is 4.89. The van der Waals surface area contributed by atoms with E-state index in [0.29, 0.717) is 18.8 Å². The first-order chi connectivity index (χ1) is 13.6. The lowest BCUT2D eigenvalue weighted by Crippen LogP contribution is -2.44. The number of aliphatic hydroxyl groups excluding tert-OH is 1. The molecule has 0 radical (unpaired) electrons. The molecule has 5 nitrogen and oxygen atoms in total. The molecule has 1 heterocycles. The van der Waals surface area contributed by atoms with E-state index in [0.717, 1.165) is 12.8 Å². The summed E-state index contributed by atoms with van der Waals surface area (Å²) >= 11 is 0. The lowest BCUT2D eigenvalue weighted by atomic mass is 9.65. The molecule has 2 aliphatic carbocycles. The second-order valence-corrected chi connectivity index (χ2v) is 9.91. The zero-order chi connectivity index (χ0) is 21.3. The monoisotopic (exact) mass is 404 g/mol. The molecule has 5 heteroatoms. The number of hydrogen-bond donors (Lipinski definition) is 1. The van der Waals surface area contributed by atoms with Crippen LogP contribution in [-0.4, -0.2) is 35.4 Å². The molecular formula is C24H36O5. The van der Waals surface area contributed by atoms with Crippen LogP contribution in [0.5, 0.6) is 0 Å². The van der Waals surface area contributed by atoms with Gasteiger partial charge in [0, 0.05) is 12.3 Å². The summed E-state index contributed by atoms with van der Waals surface area (Å²) in [4.78, 5) is 24.7. The van der Waals surface area contributed by atoms with Crippen LogP contribution in [0, 0.1) is 29.1 Å². The van der Waals surface area contributed by atoms with Gasteiger partial charge in [-0.3, -0.25) is 9.59 Å². The summed E-state index contributed by atoms with van der Waals surface area (Å²) in [5.74, 6) is 0.456. The summed E-state index contributed by atoms with van der Waals surface area (Å²) in [5, 5.41) is 10.0. The van der Waals surface area contributed by atoms with Crippen LogP contribution in [-0.2, 0) is 19.1 Å². The summed E-state index contributed by atoms with van der Waals surface area (Å²) in [7, 11) is 0. The number of ether oxygens (including phenoxy) is 2. The van der Waals surface area contributed by atoms with E-state index in [4.69, 9.17) is 9.47 Å². The van der Waals surface area contributed by atoms with Gasteiger partial charge < -0.3 is 14.6 Å². The molecule has 162 valence electrons. The third-order valence-corrected chi connectivity index (χ3v) is 7.06. The topological polar surface area (TPSA) is 72.8 Å². The van der Waals surface area contributed by atoms with E-state index in [-0.39, 0.29) is 48.3 Å². The van der Waals surface area contributed by atoms with E-state index >= 15 is 0 Å². The van der Waals surface area contributed by atoms with E-state index in [1.807, 2.05) is 20.8 Å². The lowest BCUT2D eigenvalue weighted by molar-refractivity contribution is -0.166. The van der Waals surface area contributed by atoms with Gasteiger partial charge in [-0.15, -0.1) is 0 Å². The van der Waals surface area contributed by atoms with E-state index in [1.165, 1.54) is 5.57 Å². The zero-order valence-electron chi connectivity index (χ0n) is 18.4. The maximum atomic E-state index is 12.8. The molecule has 0 bridgehead atoms. The molecule has 0 aromatic heterocycles. The first-order valence-electron chi connectivity index (χ1n) is 11.1.